The average Bonchev–Trinajstić information content (AvgIpc) is 2.47. The SMILES string of the molecule is CC1CN(C(=O)OC(C)(C)C)CCN1S(=O)(=O)Cc1ccccc1Cl. The van der Waals surface area contributed by atoms with E-state index >= 15 is 0 Å². The van der Waals surface area contributed by atoms with Crippen LogP contribution in [0, 0.1) is 0 Å². The van der Waals surface area contributed by atoms with Gasteiger partial charge in [0.05, 0.1) is 5.75 Å². The first-order valence-corrected chi connectivity index (χ1v) is 10.2. The van der Waals surface area contributed by atoms with Crippen LogP contribution in [-0.4, -0.2) is 55.0 Å². The molecule has 25 heavy (non-hydrogen) atoms. The molecule has 0 radical (unpaired) electrons. The van der Waals surface area contributed by atoms with Crippen LogP contribution >= 0.6 is 11.6 Å². The van der Waals surface area contributed by atoms with Gasteiger partial charge in [-0.05, 0) is 39.3 Å². The van der Waals surface area contributed by atoms with E-state index < -0.39 is 21.7 Å². The molecule has 8 heteroatoms. The van der Waals surface area contributed by atoms with Crippen molar-refractivity contribution in [3.8, 4) is 0 Å². The summed E-state index contributed by atoms with van der Waals surface area (Å²) in [6.07, 6.45) is -0.414. The Morgan fingerprint density at radius 3 is 2.48 bits per heavy atom. The normalized spacial score (nSPS) is 19.7. The molecule has 2 rings (SSSR count). The molecular formula is C17H25ClN2O4S. The maximum absolute atomic E-state index is 12.8. The van der Waals surface area contributed by atoms with Crippen molar-refractivity contribution >= 4 is 27.7 Å². The van der Waals surface area contributed by atoms with Crippen LogP contribution < -0.4 is 0 Å². The topological polar surface area (TPSA) is 66.9 Å². The second kappa shape index (κ2) is 7.51. The van der Waals surface area contributed by atoms with Gasteiger partial charge in [-0.15, -0.1) is 0 Å². The molecule has 1 fully saturated rings. The van der Waals surface area contributed by atoms with Crippen LogP contribution in [0.5, 0.6) is 0 Å². The van der Waals surface area contributed by atoms with Crippen molar-refractivity contribution in [1.29, 1.82) is 0 Å². The van der Waals surface area contributed by atoms with Crippen molar-refractivity contribution in [2.45, 2.75) is 45.1 Å². The van der Waals surface area contributed by atoms with Crippen LogP contribution in [0.4, 0.5) is 4.79 Å². The van der Waals surface area contributed by atoms with Crippen molar-refractivity contribution in [3.05, 3.63) is 34.9 Å². The molecule has 140 valence electrons. The molecule has 0 spiro atoms. The summed E-state index contributed by atoms with van der Waals surface area (Å²) in [7, 11) is -3.52. The average molecular weight is 389 g/mol. The number of hydrogen-bond acceptors (Lipinski definition) is 4. The highest BCUT2D eigenvalue weighted by molar-refractivity contribution is 7.88. The lowest BCUT2D eigenvalue weighted by Gasteiger charge is -2.39. The third kappa shape index (κ3) is 5.33. The number of rotatable bonds is 3. The molecule has 1 aromatic carbocycles. The van der Waals surface area contributed by atoms with Crippen LogP contribution in [-0.2, 0) is 20.5 Å². The van der Waals surface area contributed by atoms with Gasteiger partial charge in [-0.3, -0.25) is 0 Å². The molecule has 6 nitrogen and oxygen atoms in total. The Bertz CT molecular complexity index is 730. The Morgan fingerprint density at radius 2 is 1.92 bits per heavy atom. The molecule has 0 bridgehead atoms. The number of halogens is 1. The lowest BCUT2D eigenvalue weighted by Crippen LogP contribution is -2.56. The number of sulfonamides is 1. The van der Waals surface area contributed by atoms with Crippen molar-refractivity contribution in [2.24, 2.45) is 0 Å². The summed E-state index contributed by atoms with van der Waals surface area (Å²) in [4.78, 5) is 13.7. The molecule has 1 aliphatic rings. The Balaban J connectivity index is 2.05. The number of benzene rings is 1. The Hall–Kier alpha value is -1.31. The van der Waals surface area contributed by atoms with Gasteiger partial charge in [0.1, 0.15) is 5.60 Å². The van der Waals surface area contributed by atoms with E-state index in [1.165, 1.54) is 4.31 Å². The molecular weight excluding hydrogens is 364 g/mol. The Labute approximate surface area is 154 Å². The van der Waals surface area contributed by atoms with Crippen LogP contribution in [0.3, 0.4) is 0 Å². The van der Waals surface area contributed by atoms with Gasteiger partial charge >= 0.3 is 6.09 Å². The second-order valence-electron chi connectivity index (χ2n) is 7.23. The van der Waals surface area contributed by atoms with Crippen LogP contribution in [0.1, 0.15) is 33.3 Å². The zero-order valence-electron chi connectivity index (χ0n) is 15.0. The predicted octanol–water partition coefficient (Wildman–Crippen LogP) is 3.11. The number of piperazine rings is 1. The molecule has 0 N–H and O–H groups in total. The van der Waals surface area contributed by atoms with Crippen LogP contribution in [0.2, 0.25) is 5.02 Å². The second-order valence-corrected chi connectivity index (χ2v) is 9.56. The third-order valence-corrected chi connectivity index (χ3v) is 6.17. The molecule has 1 aromatic rings. The molecule has 1 amide bonds. The minimum atomic E-state index is -3.52. The highest BCUT2D eigenvalue weighted by atomic mass is 35.5. The van der Waals surface area contributed by atoms with E-state index in [1.807, 2.05) is 0 Å². The molecule has 0 saturated carbocycles. The fraction of sp³-hybridized carbons (Fsp3) is 0.588. The molecule has 0 aliphatic carbocycles. The minimum absolute atomic E-state index is 0.149. The third-order valence-electron chi connectivity index (χ3n) is 3.87. The highest BCUT2D eigenvalue weighted by Gasteiger charge is 2.35. The summed E-state index contributed by atoms with van der Waals surface area (Å²) in [5.41, 5.74) is -0.000860. The van der Waals surface area contributed by atoms with Gasteiger partial charge in [0.15, 0.2) is 0 Å². The zero-order valence-corrected chi connectivity index (χ0v) is 16.6. The summed E-state index contributed by atoms with van der Waals surface area (Å²) in [6.45, 7) is 8.06. The Kier molecular flexibility index (Phi) is 6.01. The fourth-order valence-electron chi connectivity index (χ4n) is 2.74. The van der Waals surface area contributed by atoms with E-state index in [-0.39, 0.29) is 18.3 Å². The van der Waals surface area contributed by atoms with E-state index in [9.17, 15) is 13.2 Å². The maximum Gasteiger partial charge on any atom is 0.410 e. The maximum atomic E-state index is 12.8. The largest absolute Gasteiger partial charge is 0.444 e. The lowest BCUT2D eigenvalue weighted by atomic mass is 10.2. The summed E-state index contributed by atoms with van der Waals surface area (Å²) < 4.78 is 32.3. The number of carbonyl (C=O) groups excluding carboxylic acids is 1. The molecule has 0 aromatic heterocycles. The smallest absolute Gasteiger partial charge is 0.410 e. The first-order valence-electron chi connectivity index (χ1n) is 8.20. The molecule has 1 saturated heterocycles. The van der Waals surface area contributed by atoms with Crippen molar-refractivity contribution < 1.29 is 17.9 Å². The number of hydrogen-bond donors (Lipinski definition) is 0. The first-order chi connectivity index (χ1) is 11.5. The Morgan fingerprint density at radius 1 is 1.28 bits per heavy atom. The van der Waals surface area contributed by atoms with Crippen LogP contribution in [0.25, 0.3) is 0 Å². The summed E-state index contributed by atoms with van der Waals surface area (Å²) in [5.74, 6) is -0.149. The number of nitrogens with zero attached hydrogens (tertiary/aromatic N) is 2. The van der Waals surface area contributed by atoms with Gasteiger partial charge in [-0.1, -0.05) is 29.8 Å². The monoisotopic (exact) mass is 388 g/mol. The van der Waals surface area contributed by atoms with Crippen molar-refractivity contribution in [2.75, 3.05) is 19.6 Å². The van der Waals surface area contributed by atoms with E-state index in [0.29, 0.717) is 23.7 Å². The number of carbonyl (C=O) groups is 1. The molecule has 1 aliphatic heterocycles. The fourth-order valence-corrected chi connectivity index (χ4v) is 4.81. The van der Waals surface area contributed by atoms with E-state index in [2.05, 4.69) is 0 Å². The first kappa shape index (κ1) is 20.0. The quantitative estimate of drug-likeness (QED) is 0.797. The van der Waals surface area contributed by atoms with Crippen LogP contribution in [0.15, 0.2) is 24.3 Å². The van der Waals surface area contributed by atoms with Gasteiger partial charge in [0, 0.05) is 30.7 Å². The number of ether oxygens (including phenoxy) is 1. The van der Waals surface area contributed by atoms with Gasteiger partial charge in [0.25, 0.3) is 0 Å². The lowest BCUT2D eigenvalue weighted by molar-refractivity contribution is 0.0143. The van der Waals surface area contributed by atoms with Gasteiger partial charge in [0.2, 0.25) is 10.0 Å². The van der Waals surface area contributed by atoms with Gasteiger partial charge in [-0.25, -0.2) is 13.2 Å². The van der Waals surface area contributed by atoms with E-state index in [1.54, 1.807) is 56.9 Å². The molecule has 1 heterocycles. The summed E-state index contributed by atoms with van der Waals surface area (Å²) >= 11 is 6.08. The summed E-state index contributed by atoms with van der Waals surface area (Å²) in [6, 6.07) is 6.59. The van der Waals surface area contributed by atoms with Gasteiger partial charge in [-0.2, -0.15) is 4.31 Å². The standard InChI is InChI=1S/C17H25ClN2O4S/c1-13-11-19(16(21)24-17(2,3)4)9-10-20(13)25(22,23)12-14-7-5-6-8-15(14)18/h5-8,13H,9-12H2,1-4H3. The number of amides is 1. The predicted molar refractivity (Wildman–Crippen MR) is 98.1 cm³/mol. The van der Waals surface area contributed by atoms with Gasteiger partial charge < -0.3 is 9.64 Å². The zero-order chi connectivity index (χ0) is 18.8. The van der Waals surface area contributed by atoms with E-state index in [0.717, 1.165) is 0 Å². The molecule has 1 atom stereocenters. The van der Waals surface area contributed by atoms with Crippen molar-refractivity contribution in [3.63, 3.8) is 0 Å². The highest BCUT2D eigenvalue weighted by Crippen LogP contribution is 2.23. The molecule has 1 unspecified atom stereocenters. The van der Waals surface area contributed by atoms with Crippen molar-refractivity contribution in [1.82, 2.24) is 9.21 Å². The minimum Gasteiger partial charge on any atom is -0.444 e. The summed E-state index contributed by atoms with van der Waals surface area (Å²) in [5, 5.41) is 0.436. The van der Waals surface area contributed by atoms with E-state index in [4.69, 9.17) is 16.3 Å².